The van der Waals surface area contributed by atoms with Gasteiger partial charge in [0.2, 0.25) is 0 Å². The third kappa shape index (κ3) is 2.50. The van der Waals surface area contributed by atoms with E-state index in [1.807, 2.05) is 24.3 Å². The lowest BCUT2D eigenvalue weighted by molar-refractivity contribution is -0.00000207. The molecule has 0 atom stereocenters. The second-order valence-electron chi connectivity index (χ2n) is 1.73. The normalized spacial score (nSPS) is 8.20. The van der Waals surface area contributed by atoms with Crippen LogP contribution in [0.4, 0.5) is 0 Å². The van der Waals surface area contributed by atoms with Crippen LogP contribution in [0.15, 0.2) is 29.2 Å². The van der Waals surface area contributed by atoms with Crippen molar-refractivity contribution in [3.63, 3.8) is 0 Å². The van der Waals surface area contributed by atoms with Gasteiger partial charge in [0.15, 0.2) is 4.90 Å². The summed E-state index contributed by atoms with van der Waals surface area (Å²) < 4.78 is 4.96. The van der Waals surface area contributed by atoms with E-state index in [1.165, 1.54) is 0 Å². The monoisotopic (exact) mass is 176 g/mol. The molecule has 10 heavy (non-hydrogen) atoms. The van der Waals surface area contributed by atoms with E-state index in [9.17, 15) is 0 Å². The molecule has 0 saturated carbocycles. The van der Waals surface area contributed by atoms with Crippen LogP contribution >= 0.6 is 0 Å². The Kier molecular flexibility index (Phi) is 4.32. The van der Waals surface area contributed by atoms with Crippen LogP contribution < -0.4 is 17.1 Å². The average molecular weight is 177 g/mol. The average Bonchev–Trinajstić information content (AvgIpc) is 1.88. The molecule has 0 aliphatic carbocycles. The lowest BCUT2D eigenvalue weighted by Gasteiger charge is -1.94. The number of hydrogen-bond donors (Lipinski definition) is 0. The molecule has 0 aliphatic rings. The molecule has 0 amide bonds. The lowest BCUT2D eigenvalue weighted by atomic mass is 10.3. The highest BCUT2D eigenvalue weighted by Crippen LogP contribution is 2.10. The first kappa shape index (κ1) is 9.66. The molecule has 0 aliphatic heterocycles. The van der Waals surface area contributed by atoms with Crippen molar-refractivity contribution in [3.8, 4) is 5.75 Å². The molecule has 1 nitrogen and oxygen atoms in total. The standard InChI is InChI=1S/C7H8OS.ClH/c1-8-6-3-2-4-7(9)5-6;/h2-5,9H,1H3;1H. The number of rotatable bonds is 1. The van der Waals surface area contributed by atoms with Crippen molar-refractivity contribution in [3.05, 3.63) is 24.3 Å². The van der Waals surface area contributed by atoms with Gasteiger partial charge < -0.3 is 17.1 Å². The van der Waals surface area contributed by atoms with Gasteiger partial charge in [-0.05, 0) is 24.8 Å². The fraction of sp³-hybridized carbons (Fsp3) is 0.143. The van der Waals surface area contributed by atoms with E-state index in [2.05, 4.69) is 12.6 Å². The maximum atomic E-state index is 4.96. The Labute approximate surface area is 72.2 Å². The zero-order valence-corrected chi connectivity index (χ0v) is 7.35. The van der Waals surface area contributed by atoms with Crippen LogP contribution in [0.3, 0.4) is 0 Å². The first-order valence-corrected chi connectivity index (χ1v) is 3.18. The lowest BCUT2D eigenvalue weighted by Crippen LogP contribution is -3.00. The predicted octanol–water partition coefficient (Wildman–Crippen LogP) is -1.93. The molecule has 0 N–H and O–H groups in total. The van der Waals surface area contributed by atoms with E-state index in [1.54, 1.807) is 7.11 Å². The molecule has 0 fully saturated rings. The van der Waals surface area contributed by atoms with E-state index < -0.39 is 0 Å². The third-order valence-corrected chi connectivity index (χ3v) is 1.38. The summed E-state index contributed by atoms with van der Waals surface area (Å²) in [4.78, 5) is 1.04. The third-order valence-electron chi connectivity index (χ3n) is 1.07. The maximum Gasteiger partial charge on any atom is 0.154 e. The second kappa shape index (κ2) is 4.47. The Morgan fingerprint density at radius 3 is 2.50 bits per heavy atom. The van der Waals surface area contributed by atoms with Gasteiger partial charge in [-0.1, -0.05) is 6.07 Å². The molecule has 0 unspecified atom stereocenters. The van der Waals surface area contributed by atoms with Gasteiger partial charge >= 0.3 is 0 Å². The molecule has 0 aromatic heterocycles. The van der Waals surface area contributed by atoms with Crippen molar-refractivity contribution >= 4 is 12.6 Å². The van der Waals surface area contributed by atoms with Crippen LogP contribution in [0.2, 0.25) is 0 Å². The number of hydrogen-bond acceptors (Lipinski definition) is 1. The molecule has 1 rings (SSSR count). The van der Waals surface area contributed by atoms with Gasteiger partial charge in [0.1, 0.15) is 5.75 Å². The van der Waals surface area contributed by atoms with E-state index >= 15 is 0 Å². The Hall–Kier alpha value is -0.340. The summed E-state index contributed by atoms with van der Waals surface area (Å²) in [6, 6.07) is 7.71. The van der Waals surface area contributed by atoms with Gasteiger partial charge in [0, 0.05) is 6.07 Å². The molecule has 0 heterocycles. The minimum atomic E-state index is 0. The molecule has 1 aromatic carbocycles. The first-order valence-electron chi connectivity index (χ1n) is 2.68. The quantitative estimate of drug-likeness (QED) is 0.453. The molecular formula is C7H9ClOS. The van der Waals surface area contributed by atoms with Gasteiger partial charge in [0.05, 0.1) is 7.11 Å². The highest BCUT2D eigenvalue weighted by molar-refractivity contribution is 7.58. The fourth-order valence-electron chi connectivity index (χ4n) is 0.623. The summed E-state index contributed by atoms with van der Waals surface area (Å²) in [6.45, 7) is 0. The second-order valence-corrected chi connectivity index (χ2v) is 2.31. The molecule has 56 valence electrons. The molecule has 0 saturated heterocycles. The summed E-state index contributed by atoms with van der Waals surface area (Å²) >= 11 is 3.37. The Balaban J connectivity index is 0.000000810. The van der Waals surface area contributed by atoms with E-state index in [4.69, 9.17) is 4.74 Å². The van der Waals surface area contributed by atoms with Crippen LogP contribution in [0, 0.1) is 0 Å². The van der Waals surface area contributed by atoms with Crippen molar-refractivity contribution in [1.82, 2.24) is 0 Å². The zero-order valence-electron chi connectivity index (χ0n) is 5.60. The van der Waals surface area contributed by atoms with E-state index in [0.717, 1.165) is 10.6 Å². The molecule has 0 bridgehead atoms. The van der Waals surface area contributed by atoms with Gasteiger partial charge in [-0.2, -0.15) is 0 Å². The van der Waals surface area contributed by atoms with Crippen LogP contribution in [-0.2, 0) is 12.6 Å². The minimum Gasteiger partial charge on any atom is -1.00 e. The van der Waals surface area contributed by atoms with Crippen molar-refractivity contribution in [2.24, 2.45) is 0 Å². The fourth-order valence-corrected chi connectivity index (χ4v) is 0.862. The first-order chi connectivity index (χ1) is 4.33. The summed E-state index contributed by atoms with van der Waals surface area (Å²) in [5, 5.41) is 0. The van der Waals surface area contributed by atoms with Crippen LogP contribution in [0.1, 0.15) is 0 Å². The number of halogens is 1. The summed E-state index contributed by atoms with van der Waals surface area (Å²) in [6.07, 6.45) is 0. The minimum absolute atomic E-state index is 0. The SMILES string of the molecule is COc1cccc([SH2+])c1.[Cl-]. The highest BCUT2D eigenvalue weighted by atomic mass is 35.5. The Morgan fingerprint density at radius 2 is 2.10 bits per heavy atom. The van der Waals surface area contributed by atoms with Gasteiger partial charge in [-0.15, -0.1) is 0 Å². The van der Waals surface area contributed by atoms with Gasteiger partial charge in [-0.25, -0.2) is 0 Å². The van der Waals surface area contributed by atoms with Crippen LogP contribution in [0.5, 0.6) is 5.75 Å². The molecule has 3 heteroatoms. The van der Waals surface area contributed by atoms with Crippen molar-refractivity contribution in [2.75, 3.05) is 7.11 Å². The smallest absolute Gasteiger partial charge is 0.154 e. The molecule has 0 radical (unpaired) electrons. The number of methoxy groups -OCH3 is 1. The Bertz CT molecular complexity index is 203. The topological polar surface area (TPSA) is 9.23 Å². The predicted molar refractivity (Wildman–Crippen MR) is 41.4 cm³/mol. The molecule has 0 spiro atoms. The molecular weight excluding hydrogens is 168 g/mol. The largest absolute Gasteiger partial charge is 1.00 e. The van der Waals surface area contributed by atoms with E-state index in [0.29, 0.717) is 0 Å². The summed E-state index contributed by atoms with van der Waals surface area (Å²) in [5.74, 6) is 0.877. The van der Waals surface area contributed by atoms with Crippen molar-refractivity contribution in [2.45, 2.75) is 4.90 Å². The van der Waals surface area contributed by atoms with E-state index in [-0.39, 0.29) is 12.4 Å². The zero-order chi connectivity index (χ0) is 6.69. The Morgan fingerprint density at radius 1 is 1.40 bits per heavy atom. The van der Waals surface area contributed by atoms with Crippen LogP contribution in [-0.4, -0.2) is 7.11 Å². The summed E-state index contributed by atoms with van der Waals surface area (Å²) in [5.41, 5.74) is 0. The number of benzene rings is 1. The highest BCUT2D eigenvalue weighted by Gasteiger charge is 1.92. The van der Waals surface area contributed by atoms with Crippen LogP contribution in [0.25, 0.3) is 0 Å². The van der Waals surface area contributed by atoms with Crippen molar-refractivity contribution in [1.29, 1.82) is 0 Å². The number of ether oxygens (including phenoxy) is 1. The molecule has 1 aromatic rings. The maximum absolute atomic E-state index is 4.96. The van der Waals surface area contributed by atoms with Gasteiger partial charge in [0.25, 0.3) is 0 Å². The van der Waals surface area contributed by atoms with Gasteiger partial charge in [-0.3, -0.25) is 0 Å². The summed E-state index contributed by atoms with van der Waals surface area (Å²) in [7, 11) is 1.65. The van der Waals surface area contributed by atoms with Crippen molar-refractivity contribution < 1.29 is 17.1 Å².